The Hall–Kier alpha value is -3.15. The summed E-state index contributed by atoms with van der Waals surface area (Å²) in [6, 6.07) is 16.0. The molecule has 0 saturated carbocycles. The van der Waals surface area contributed by atoms with Crippen LogP contribution in [0.1, 0.15) is 5.56 Å². The number of rotatable bonds is 4. The molecule has 0 atom stereocenters. The third-order valence-corrected chi connectivity index (χ3v) is 3.34. The van der Waals surface area contributed by atoms with Gasteiger partial charge in [0.15, 0.2) is 0 Å². The molecule has 0 bridgehead atoms. The van der Waals surface area contributed by atoms with Crippen molar-refractivity contribution in [3.63, 3.8) is 0 Å². The number of phenols is 1. The van der Waals surface area contributed by atoms with Gasteiger partial charge in [-0.15, -0.1) is 0 Å². The second-order valence-corrected chi connectivity index (χ2v) is 5.04. The Bertz CT molecular complexity index is 904. The van der Waals surface area contributed by atoms with E-state index in [1.54, 1.807) is 19.2 Å². The third-order valence-electron chi connectivity index (χ3n) is 3.34. The molecule has 0 unspecified atom stereocenters. The second-order valence-electron chi connectivity index (χ2n) is 5.04. The largest absolute Gasteiger partial charge is 0.508 e. The summed E-state index contributed by atoms with van der Waals surface area (Å²) >= 11 is 0. The first-order valence-electron chi connectivity index (χ1n) is 7.05. The van der Waals surface area contributed by atoms with Crippen molar-refractivity contribution in [2.24, 2.45) is 10.3 Å². The molecule has 0 aliphatic carbocycles. The van der Waals surface area contributed by atoms with Gasteiger partial charge in [-0.25, -0.2) is 9.80 Å². The van der Waals surface area contributed by atoms with Crippen LogP contribution in [-0.4, -0.2) is 12.2 Å². The van der Waals surface area contributed by atoms with Crippen LogP contribution < -0.4 is 10.6 Å². The van der Waals surface area contributed by atoms with Gasteiger partial charge < -0.3 is 9.52 Å². The van der Waals surface area contributed by atoms with Gasteiger partial charge in [-0.1, -0.05) is 35.6 Å². The average molecular weight is 309 g/mol. The van der Waals surface area contributed by atoms with Gasteiger partial charge in [-0.05, 0) is 23.8 Å². The van der Waals surface area contributed by atoms with Gasteiger partial charge in [0, 0.05) is 18.5 Å². The summed E-state index contributed by atoms with van der Waals surface area (Å²) in [5.74, 6) is 0.0457. The lowest BCUT2D eigenvalue weighted by molar-refractivity contribution is 0.473. The Morgan fingerprint density at radius 2 is 1.91 bits per heavy atom. The zero-order chi connectivity index (χ0) is 16.2. The fraction of sp³-hybridized carbons (Fsp3) is 0.118. The van der Waals surface area contributed by atoms with Crippen molar-refractivity contribution in [2.75, 3.05) is 12.1 Å². The van der Waals surface area contributed by atoms with E-state index < -0.39 is 5.63 Å². The lowest BCUT2D eigenvalue weighted by Crippen LogP contribution is -2.16. The minimum atomic E-state index is -0.538. The van der Waals surface area contributed by atoms with Crippen LogP contribution in [-0.2, 0) is 6.54 Å². The molecule has 3 rings (SSSR count). The van der Waals surface area contributed by atoms with Crippen molar-refractivity contribution in [3.8, 4) is 5.75 Å². The van der Waals surface area contributed by atoms with Crippen LogP contribution in [0.5, 0.6) is 5.75 Å². The third kappa shape index (κ3) is 3.37. The lowest BCUT2D eigenvalue weighted by Gasteiger charge is -2.10. The van der Waals surface area contributed by atoms with Gasteiger partial charge in [-0.2, -0.15) is 5.11 Å². The van der Waals surface area contributed by atoms with Gasteiger partial charge in [0.1, 0.15) is 17.0 Å². The van der Waals surface area contributed by atoms with E-state index in [2.05, 4.69) is 10.3 Å². The van der Waals surface area contributed by atoms with Crippen molar-refractivity contribution in [1.29, 1.82) is 0 Å². The molecule has 3 aromatic rings. The van der Waals surface area contributed by atoms with Crippen LogP contribution in [0.2, 0.25) is 0 Å². The summed E-state index contributed by atoms with van der Waals surface area (Å²) in [7, 11) is 1.63. The summed E-state index contributed by atoms with van der Waals surface area (Å²) in [4.78, 5) is 12.0. The zero-order valence-electron chi connectivity index (χ0n) is 12.5. The van der Waals surface area contributed by atoms with E-state index in [1.807, 2.05) is 30.3 Å². The summed E-state index contributed by atoms with van der Waals surface area (Å²) in [5.41, 5.74) is 1.10. The van der Waals surface area contributed by atoms with Gasteiger partial charge in [0.05, 0.1) is 6.54 Å². The van der Waals surface area contributed by atoms with Gasteiger partial charge in [0.2, 0.25) is 0 Å². The van der Waals surface area contributed by atoms with E-state index in [4.69, 9.17) is 4.42 Å². The topological polar surface area (TPSA) is 78.4 Å². The monoisotopic (exact) mass is 309 g/mol. The number of phenolic OH excluding ortho intramolecular Hbond substituents is 1. The molecule has 1 aromatic heterocycles. The highest BCUT2D eigenvalue weighted by Gasteiger charge is 2.10. The molecule has 6 nitrogen and oxygen atoms in total. The number of fused-ring (bicyclic) bond motifs is 1. The fourth-order valence-electron chi connectivity index (χ4n) is 2.15. The van der Waals surface area contributed by atoms with Crippen LogP contribution in [0, 0.1) is 0 Å². The van der Waals surface area contributed by atoms with Crippen LogP contribution in [0.15, 0.2) is 74.1 Å². The SMILES string of the molecule is CN(N=NCc1ccccc1)c1cc2ccc(O)cc2oc1=O. The van der Waals surface area contributed by atoms with E-state index in [1.165, 1.54) is 17.1 Å². The first kappa shape index (κ1) is 14.8. The van der Waals surface area contributed by atoms with Crippen molar-refractivity contribution in [2.45, 2.75) is 6.54 Å². The molecule has 1 N–H and O–H groups in total. The predicted octanol–water partition coefficient (Wildman–Crippen LogP) is 3.50. The molecule has 0 radical (unpaired) electrons. The lowest BCUT2D eigenvalue weighted by atomic mass is 10.2. The highest BCUT2D eigenvalue weighted by atomic mass is 16.4. The Morgan fingerprint density at radius 1 is 1.13 bits per heavy atom. The molecule has 2 aromatic carbocycles. The molecule has 0 fully saturated rings. The van der Waals surface area contributed by atoms with E-state index >= 15 is 0 Å². The number of nitrogens with zero attached hydrogens (tertiary/aromatic N) is 3. The quantitative estimate of drug-likeness (QED) is 0.454. The number of hydrogen-bond acceptors (Lipinski definition) is 5. The highest BCUT2D eigenvalue weighted by molar-refractivity contribution is 5.80. The molecule has 0 aliphatic heterocycles. The number of benzene rings is 2. The summed E-state index contributed by atoms with van der Waals surface area (Å²) < 4.78 is 5.20. The van der Waals surface area contributed by atoms with E-state index in [0.717, 1.165) is 5.56 Å². The summed E-state index contributed by atoms with van der Waals surface area (Å²) in [6.07, 6.45) is 0. The van der Waals surface area contributed by atoms with Crippen LogP contribution in [0.3, 0.4) is 0 Å². The fourth-order valence-corrected chi connectivity index (χ4v) is 2.15. The highest BCUT2D eigenvalue weighted by Crippen LogP contribution is 2.22. The van der Waals surface area contributed by atoms with Crippen LogP contribution >= 0.6 is 0 Å². The minimum absolute atomic E-state index is 0.0457. The van der Waals surface area contributed by atoms with Crippen molar-refractivity contribution in [1.82, 2.24) is 0 Å². The Kier molecular flexibility index (Phi) is 4.05. The Morgan fingerprint density at radius 3 is 2.70 bits per heavy atom. The average Bonchev–Trinajstić information content (AvgIpc) is 2.55. The molecule has 6 heteroatoms. The predicted molar refractivity (Wildman–Crippen MR) is 87.6 cm³/mol. The summed E-state index contributed by atoms with van der Waals surface area (Å²) in [6.45, 7) is 0.429. The Labute approximate surface area is 132 Å². The molecule has 116 valence electrons. The van der Waals surface area contributed by atoms with Crippen molar-refractivity contribution >= 4 is 16.7 Å². The molecular formula is C17H15N3O3. The molecular weight excluding hydrogens is 294 g/mol. The van der Waals surface area contributed by atoms with E-state index in [9.17, 15) is 9.90 Å². The maximum Gasteiger partial charge on any atom is 0.362 e. The first-order chi connectivity index (χ1) is 11.1. The van der Waals surface area contributed by atoms with Gasteiger partial charge in [-0.3, -0.25) is 0 Å². The molecule has 0 amide bonds. The standard InChI is InChI=1S/C17H15N3O3/c1-20(19-18-11-12-5-3-2-4-6-12)15-9-13-7-8-14(21)10-16(13)23-17(15)22/h2-10,21H,11H2,1H3. The van der Waals surface area contributed by atoms with Gasteiger partial charge >= 0.3 is 5.63 Å². The maximum absolute atomic E-state index is 12.0. The molecule has 0 spiro atoms. The molecule has 0 saturated heterocycles. The molecule has 1 heterocycles. The number of aromatic hydroxyl groups is 1. The Balaban J connectivity index is 1.83. The van der Waals surface area contributed by atoms with Crippen LogP contribution in [0.25, 0.3) is 11.0 Å². The number of hydrogen-bond donors (Lipinski definition) is 1. The van der Waals surface area contributed by atoms with Crippen LogP contribution in [0.4, 0.5) is 5.69 Å². The van der Waals surface area contributed by atoms with E-state index in [0.29, 0.717) is 17.5 Å². The summed E-state index contributed by atoms with van der Waals surface area (Å²) in [5, 5.41) is 19.6. The van der Waals surface area contributed by atoms with Crippen molar-refractivity contribution in [3.05, 3.63) is 70.6 Å². The smallest absolute Gasteiger partial charge is 0.362 e. The second kappa shape index (κ2) is 6.31. The number of anilines is 1. The molecule has 0 aliphatic rings. The van der Waals surface area contributed by atoms with E-state index in [-0.39, 0.29) is 11.4 Å². The maximum atomic E-state index is 12.0. The van der Waals surface area contributed by atoms with Crippen molar-refractivity contribution < 1.29 is 9.52 Å². The molecule has 23 heavy (non-hydrogen) atoms. The first-order valence-corrected chi connectivity index (χ1v) is 7.05. The van der Waals surface area contributed by atoms with Gasteiger partial charge in [0.25, 0.3) is 0 Å². The normalized spacial score (nSPS) is 11.2. The minimum Gasteiger partial charge on any atom is -0.508 e. The zero-order valence-corrected chi connectivity index (χ0v) is 12.5.